The summed E-state index contributed by atoms with van der Waals surface area (Å²) in [6.45, 7) is 3.50. The SMILES string of the molecule is COc1ccc(/C=C/C(=O)c2ccc(N3CCOCC3)cc2)cc1COc1ccccc1Cl. The van der Waals surface area contributed by atoms with Crippen LogP contribution >= 0.6 is 11.6 Å². The lowest BCUT2D eigenvalue weighted by molar-refractivity contribution is 0.104. The number of carbonyl (C=O) groups excluding carboxylic acids is 1. The van der Waals surface area contributed by atoms with Crippen LogP contribution in [0.1, 0.15) is 21.5 Å². The van der Waals surface area contributed by atoms with Crippen LogP contribution in [0.15, 0.2) is 72.8 Å². The van der Waals surface area contributed by atoms with E-state index < -0.39 is 0 Å². The van der Waals surface area contributed by atoms with Crippen molar-refractivity contribution in [1.29, 1.82) is 0 Å². The minimum atomic E-state index is -0.0480. The standard InChI is InChI=1S/C27H26ClNO4/c1-31-26-13-7-20(18-22(26)19-33-27-5-3-2-4-24(27)28)6-12-25(30)21-8-10-23(11-9-21)29-14-16-32-17-15-29/h2-13,18H,14-17,19H2,1H3/b12-6+. The van der Waals surface area contributed by atoms with Gasteiger partial charge in [0, 0.05) is 29.9 Å². The van der Waals surface area contributed by atoms with E-state index in [1.54, 1.807) is 25.3 Å². The average Bonchev–Trinajstić information content (AvgIpc) is 2.87. The molecule has 0 atom stereocenters. The maximum Gasteiger partial charge on any atom is 0.185 e. The number of methoxy groups -OCH3 is 1. The van der Waals surface area contributed by atoms with Crippen LogP contribution in [-0.4, -0.2) is 39.2 Å². The van der Waals surface area contributed by atoms with Crippen molar-refractivity contribution in [1.82, 2.24) is 0 Å². The molecule has 0 aromatic heterocycles. The van der Waals surface area contributed by atoms with Crippen LogP contribution in [0.2, 0.25) is 5.02 Å². The number of allylic oxidation sites excluding steroid dienone is 1. The number of anilines is 1. The summed E-state index contributed by atoms with van der Waals surface area (Å²) >= 11 is 6.18. The zero-order chi connectivity index (χ0) is 23.0. The molecular weight excluding hydrogens is 438 g/mol. The third kappa shape index (κ3) is 5.95. The zero-order valence-corrected chi connectivity index (χ0v) is 19.3. The number of morpholine rings is 1. The molecule has 3 aromatic rings. The van der Waals surface area contributed by atoms with Gasteiger partial charge in [-0.15, -0.1) is 0 Å². The Bertz CT molecular complexity index is 1120. The Morgan fingerprint density at radius 2 is 1.79 bits per heavy atom. The molecule has 33 heavy (non-hydrogen) atoms. The molecule has 6 heteroatoms. The van der Waals surface area contributed by atoms with Crippen molar-refractivity contribution < 1.29 is 19.0 Å². The molecule has 1 heterocycles. The van der Waals surface area contributed by atoms with Crippen LogP contribution in [0.5, 0.6) is 11.5 Å². The third-order valence-corrected chi connectivity index (χ3v) is 5.79. The Hall–Kier alpha value is -3.28. The van der Waals surface area contributed by atoms with E-state index in [2.05, 4.69) is 4.90 Å². The minimum Gasteiger partial charge on any atom is -0.496 e. The smallest absolute Gasteiger partial charge is 0.185 e. The van der Waals surface area contributed by atoms with Crippen molar-refractivity contribution in [3.63, 3.8) is 0 Å². The summed E-state index contributed by atoms with van der Waals surface area (Å²) < 4.78 is 16.7. The summed E-state index contributed by atoms with van der Waals surface area (Å²) in [5.41, 5.74) is 3.50. The van der Waals surface area contributed by atoms with Crippen LogP contribution in [-0.2, 0) is 11.3 Å². The van der Waals surface area contributed by atoms with Gasteiger partial charge in [-0.1, -0.05) is 35.9 Å². The van der Waals surface area contributed by atoms with Crippen molar-refractivity contribution >= 4 is 29.1 Å². The molecule has 0 N–H and O–H groups in total. The highest BCUT2D eigenvalue weighted by Crippen LogP contribution is 2.27. The van der Waals surface area contributed by atoms with Gasteiger partial charge in [0.2, 0.25) is 0 Å². The van der Waals surface area contributed by atoms with Crippen molar-refractivity contribution in [2.75, 3.05) is 38.3 Å². The first-order chi connectivity index (χ1) is 16.1. The van der Waals surface area contributed by atoms with Crippen LogP contribution in [0.3, 0.4) is 0 Å². The lowest BCUT2D eigenvalue weighted by atomic mass is 10.1. The molecule has 1 fully saturated rings. The number of carbonyl (C=O) groups is 1. The number of halogens is 1. The predicted octanol–water partition coefficient (Wildman–Crippen LogP) is 5.66. The summed E-state index contributed by atoms with van der Waals surface area (Å²) in [6, 6.07) is 20.8. The summed E-state index contributed by atoms with van der Waals surface area (Å²) in [6.07, 6.45) is 3.39. The number of ketones is 1. The second-order valence-electron chi connectivity index (χ2n) is 7.63. The topological polar surface area (TPSA) is 48.0 Å². The van der Waals surface area contributed by atoms with Gasteiger partial charge in [0.05, 0.1) is 25.3 Å². The molecule has 3 aromatic carbocycles. The number of para-hydroxylation sites is 1. The highest BCUT2D eigenvalue weighted by molar-refractivity contribution is 6.32. The minimum absolute atomic E-state index is 0.0480. The van der Waals surface area contributed by atoms with E-state index in [0.29, 0.717) is 28.7 Å². The Balaban J connectivity index is 1.43. The molecule has 5 nitrogen and oxygen atoms in total. The van der Waals surface area contributed by atoms with Crippen LogP contribution < -0.4 is 14.4 Å². The second kappa shape index (κ2) is 11.0. The number of ether oxygens (including phenoxy) is 3. The van der Waals surface area contributed by atoms with E-state index >= 15 is 0 Å². The van der Waals surface area contributed by atoms with Crippen molar-refractivity contribution in [2.45, 2.75) is 6.61 Å². The van der Waals surface area contributed by atoms with E-state index in [0.717, 1.165) is 43.1 Å². The fourth-order valence-electron chi connectivity index (χ4n) is 3.66. The normalized spacial score (nSPS) is 13.8. The average molecular weight is 464 g/mol. The molecule has 1 saturated heterocycles. The highest BCUT2D eigenvalue weighted by atomic mass is 35.5. The zero-order valence-electron chi connectivity index (χ0n) is 18.5. The maximum atomic E-state index is 12.7. The number of nitrogens with zero attached hydrogens (tertiary/aromatic N) is 1. The lowest BCUT2D eigenvalue weighted by Gasteiger charge is -2.28. The van der Waals surface area contributed by atoms with Gasteiger partial charge in [-0.25, -0.2) is 0 Å². The van der Waals surface area contributed by atoms with Gasteiger partial charge in [0.25, 0.3) is 0 Å². The predicted molar refractivity (Wildman–Crippen MR) is 132 cm³/mol. The Kier molecular flexibility index (Phi) is 7.66. The van der Waals surface area contributed by atoms with Gasteiger partial charge in [-0.05, 0) is 60.2 Å². The van der Waals surface area contributed by atoms with Gasteiger partial charge in [-0.2, -0.15) is 0 Å². The fourth-order valence-corrected chi connectivity index (χ4v) is 3.85. The molecule has 4 rings (SSSR count). The second-order valence-corrected chi connectivity index (χ2v) is 8.04. The molecule has 1 aliphatic heterocycles. The van der Waals surface area contributed by atoms with Gasteiger partial charge >= 0.3 is 0 Å². The van der Waals surface area contributed by atoms with Gasteiger partial charge < -0.3 is 19.1 Å². The van der Waals surface area contributed by atoms with Gasteiger partial charge in [-0.3, -0.25) is 4.79 Å². The van der Waals surface area contributed by atoms with E-state index in [4.69, 9.17) is 25.8 Å². The summed E-state index contributed by atoms with van der Waals surface area (Å²) in [5.74, 6) is 1.27. The fraction of sp³-hybridized carbons (Fsp3) is 0.222. The van der Waals surface area contributed by atoms with E-state index in [9.17, 15) is 4.79 Å². The molecule has 0 saturated carbocycles. The third-order valence-electron chi connectivity index (χ3n) is 5.48. The maximum absolute atomic E-state index is 12.7. The molecule has 0 radical (unpaired) electrons. The lowest BCUT2D eigenvalue weighted by Crippen LogP contribution is -2.36. The molecule has 0 bridgehead atoms. The molecular formula is C27H26ClNO4. The first kappa shape index (κ1) is 22.9. The van der Waals surface area contributed by atoms with E-state index in [1.165, 1.54) is 0 Å². The molecule has 170 valence electrons. The summed E-state index contributed by atoms with van der Waals surface area (Å²) in [5, 5.41) is 0.553. The van der Waals surface area contributed by atoms with Crippen molar-refractivity contribution in [2.24, 2.45) is 0 Å². The van der Waals surface area contributed by atoms with E-state index in [-0.39, 0.29) is 5.78 Å². The molecule has 0 amide bonds. The van der Waals surface area contributed by atoms with Gasteiger partial charge in [0.15, 0.2) is 5.78 Å². The Morgan fingerprint density at radius 1 is 1.03 bits per heavy atom. The first-order valence-corrected chi connectivity index (χ1v) is 11.2. The van der Waals surface area contributed by atoms with Crippen LogP contribution in [0, 0.1) is 0 Å². The molecule has 1 aliphatic rings. The van der Waals surface area contributed by atoms with Gasteiger partial charge in [0.1, 0.15) is 18.1 Å². The Labute approximate surface area is 199 Å². The molecule has 0 aliphatic carbocycles. The summed E-state index contributed by atoms with van der Waals surface area (Å²) in [7, 11) is 1.62. The number of hydrogen-bond donors (Lipinski definition) is 0. The van der Waals surface area contributed by atoms with Crippen molar-refractivity contribution in [3.8, 4) is 11.5 Å². The van der Waals surface area contributed by atoms with Crippen molar-refractivity contribution in [3.05, 3.63) is 94.5 Å². The molecule has 0 spiro atoms. The Morgan fingerprint density at radius 3 is 2.52 bits per heavy atom. The monoisotopic (exact) mass is 463 g/mol. The summed E-state index contributed by atoms with van der Waals surface area (Å²) in [4.78, 5) is 14.9. The molecule has 0 unspecified atom stereocenters. The highest BCUT2D eigenvalue weighted by Gasteiger charge is 2.12. The number of hydrogen-bond acceptors (Lipinski definition) is 5. The van der Waals surface area contributed by atoms with E-state index in [1.807, 2.05) is 60.7 Å². The van der Waals surface area contributed by atoms with Crippen LogP contribution in [0.25, 0.3) is 6.08 Å². The first-order valence-electron chi connectivity index (χ1n) is 10.8. The quantitative estimate of drug-likeness (QED) is 0.318. The number of benzene rings is 3. The number of rotatable bonds is 8. The largest absolute Gasteiger partial charge is 0.496 e. The van der Waals surface area contributed by atoms with Crippen LogP contribution in [0.4, 0.5) is 5.69 Å².